The van der Waals surface area contributed by atoms with Crippen molar-refractivity contribution in [3.63, 3.8) is 0 Å². The first-order valence-electron chi connectivity index (χ1n) is 20.6. The first-order valence-corrected chi connectivity index (χ1v) is 20.6. The molecule has 3 atom stereocenters. The van der Waals surface area contributed by atoms with Gasteiger partial charge in [0.05, 0.1) is 12.7 Å². The van der Waals surface area contributed by atoms with Gasteiger partial charge in [0.2, 0.25) is 0 Å². The van der Waals surface area contributed by atoms with Crippen LogP contribution in [0.5, 0.6) is 0 Å². The Morgan fingerprint density at radius 2 is 0.957 bits per heavy atom. The molecule has 47 heavy (non-hydrogen) atoms. The third kappa shape index (κ3) is 21.5. The highest BCUT2D eigenvalue weighted by Crippen LogP contribution is 2.46. The number of allylic oxidation sites excluding steroid dienone is 8. The molecule has 0 radical (unpaired) electrons. The minimum atomic E-state index is -0.464. The molecule has 1 fully saturated rings. The van der Waals surface area contributed by atoms with Crippen molar-refractivity contribution in [1.29, 1.82) is 0 Å². The Hall–Kier alpha value is -1.16. The van der Waals surface area contributed by atoms with Crippen molar-refractivity contribution in [2.24, 2.45) is 11.8 Å². The third-order valence-corrected chi connectivity index (χ3v) is 9.83. The molecule has 1 saturated heterocycles. The molecule has 1 heterocycles. The summed E-state index contributed by atoms with van der Waals surface area (Å²) < 4.78 is 14.1. The zero-order chi connectivity index (χ0) is 34.3. The molecule has 0 aromatic rings. The molecule has 0 aliphatic carbocycles. The molecule has 1 rings (SSSR count). The summed E-state index contributed by atoms with van der Waals surface area (Å²) in [5.74, 6) is 0.347. The molecule has 3 heteroatoms. The second kappa shape index (κ2) is 30.9. The minimum absolute atomic E-state index is 0.215. The maximum atomic E-state index is 7.15. The lowest BCUT2D eigenvalue weighted by Crippen LogP contribution is -2.47. The lowest BCUT2D eigenvalue weighted by atomic mass is 9.78. The Kier molecular flexibility index (Phi) is 28.8. The summed E-state index contributed by atoms with van der Waals surface area (Å²) in [6, 6.07) is 0. The highest BCUT2D eigenvalue weighted by atomic mass is 16.7. The van der Waals surface area contributed by atoms with E-state index in [0.29, 0.717) is 11.8 Å². The molecule has 0 N–H and O–H groups in total. The molecule has 1 aliphatic heterocycles. The Bertz CT molecular complexity index is 747. The summed E-state index contributed by atoms with van der Waals surface area (Å²) in [5.41, 5.74) is 0. The summed E-state index contributed by atoms with van der Waals surface area (Å²) in [7, 11) is 4.33. The van der Waals surface area contributed by atoms with E-state index in [4.69, 9.17) is 9.47 Å². The van der Waals surface area contributed by atoms with Crippen LogP contribution < -0.4 is 0 Å². The van der Waals surface area contributed by atoms with Crippen LogP contribution in [0.15, 0.2) is 48.6 Å². The monoisotopic (exact) mass is 656 g/mol. The standard InChI is InChI=1S/C44H81NO2/c1-7-11-13-15-17-19-21-23-25-27-29-31-36-41(34-9-3)44(46-40-43(47-44)38-33-39-45(5)6)42(35-10-4)37-32-30-28-26-24-22-20-18-16-14-12-8-2/h17-20,29-32,41-43H,7-16,21-28,33-40H2,1-6H3/b19-17-,20-18-,31-29-,32-30-. The van der Waals surface area contributed by atoms with E-state index in [-0.39, 0.29) is 6.10 Å². The van der Waals surface area contributed by atoms with Gasteiger partial charge < -0.3 is 14.4 Å². The van der Waals surface area contributed by atoms with Crippen LogP contribution in [0.4, 0.5) is 0 Å². The minimum Gasteiger partial charge on any atom is -0.347 e. The van der Waals surface area contributed by atoms with Gasteiger partial charge in [-0.2, -0.15) is 0 Å². The molecule has 0 aromatic heterocycles. The highest BCUT2D eigenvalue weighted by molar-refractivity contribution is 4.99. The summed E-state index contributed by atoms with van der Waals surface area (Å²) in [6.45, 7) is 11.1. The van der Waals surface area contributed by atoms with E-state index in [1.54, 1.807) is 0 Å². The van der Waals surface area contributed by atoms with Gasteiger partial charge in [0.1, 0.15) is 0 Å². The third-order valence-electron chi connectivity index (χ3n) is 9.83. The molecule has 3 unspecified atom stereocenters. The Morgan fingerprint density at radius 1 is 0.553 bits per heavy atom. The van der Waals surface area contributed by atoms with Crippen LogP contribution >= 0.6 is 0 Å². The Labute approximate surface area is 295 Å². The van der Waals surface area contributed by atoms with E-state index in [0.717, 1.165) is 51.7 Å². The predicted molar refractivity (Wildman–Crippen MR) is 209 cm³/mol. The van der Waals surface area contributed by atoms with Crippen molar-refractivity contribution in [3.8, 4) is 0 Å². The van der Waals surface area contributed by atoms with Crippen LogP contribution in [0.1, 0.15) is 182 Å². The largest absolute Gasteiger partial charge is 0.347 e. The summed E-state index contributed by atoms with van der Waals surface area (Å²) in [6.07, 6.45) is 49.1. The van der Waals surface area contributed by atoms with Crippen molar-refractivity contribution in [2.75, 3.05) is 27.2 Å². The van der Waals surface area contributed by atoms with E-state index in [1.807, 2.05) is 0 Å². The van der Waals surface area contributed by atoms with Crippen LogP contribution in [0.3, 0.4) is 0 Å². The van der Waals surface area contributed by atoms with Crippen molar-refractivity contribution in [2.45, 2.75) is 194 Å². The van der Waals surface area contributed by atoms with Crippen molar-refractivity contribution in [3.05, 3.63) is 48.6 Å². The number of ether oxygens (including phenoxy) is 2. The molecule has 0 aromatic carbocycles. The molecule has 1 aliphatic rings. The van der Waals surface area contributed by atoms with Gasteiger partial charge in [-0.15, -0.1) is 0 Å². The zero-order valence-corrected chi connectivity index (χ0v) is 32.5. The van der Waals surface area contributed by atoms with Crippen LogP contribution in [0.2, 0.25) is 0 Å². The van der Waals surface area contributed by atoms with E-state index < -0.39 is 5.79 Å². The highest BCUT2D eigenvalue weighted by Gasteiger charge is 2.51. The van der Waals surface area contributed by atoms with Crippen molar-refractivity contribution >= 4 is 0 Å². The van der Waals surface area contributed by atoms with Gasteiger partial charge in [-0.1, -0.05) is 115 Å². The van der Waals surface area contributed by atoms with Gasteiger partial charge >= 0.3 is 0 Å². The lowest BCUT2D eigenvalue weighted by Gasteiger charge is -2.42. The van der Waals surface area contributed by atoms with Gasteiger partial charge in [0.15, 0.2) is 5.79 Å². The van der Waals surface area contributed by atoms with Gasteiger partial charge in [0.25, 0.3) is 0 Å². The second-order valence-electron chi connectivity index (χ2n) is 14.6. The van der Waals surface area contributed by atoms with Crippen LogP contribution in [-0.4, -0.2) is 44.0 Å². The predicted octanol–water partition coefficient (Wildman–Crippen LogP) is 13.6. The van der Waals surface area contributed by atoms with Gasteiger partial charge in [0, 0.05) is 11.8 Å². The molecular formula is C44H81NO2. The summed E-state index contributed by atoms with van der Waals surface area (Å²) in [4.78, 5) is 2.28. The number of hydrogen-bond acceptors (Lipinski definition) is 3. The number of hydrogen-bond donors (Lipinski definition) is 0. The first-order chi connectivity index (χ1) is 23.0. The Morgan fingerprint density at radius 3 is 1.34 bits per heavy atom. The van der Waals surface area contributed by atoms with Crippen molar-refractivity contribution < 1.29 is 9.47 Å². The van der Waals surface area contributed by atoms with E-state index in [9.17, 15) is 0 Å². The van der Waals surface area contributed by atoms with E-state index in [1.165, 1.54) is 116 Å². The summed E-state index contributed by atoms with van der Waals surface area (Å²) >= 11 is 0. The maximum absolute atomic E-state index is 7.15. The number of rotatable bonds is 32. The van der Waals surface area contributed by atoms with Crippen LogP contribution in [-0.2, 0) is 9.47 Å². The molecule has 274 valence electrons. The fourth-order valence-electron chi connectivity index (χ4n) is 7.06. The van der Waals surface area contributed by atoms with Gasteiger partial charge in [-0.25, -0.2) is 0 Å². The van der Waals surface area contributed by atoms with Gasteiger partial charge in [-0.05, 0) is 136 Å². The average Bonchev–Trinajstić information content (AvgIpc) is 3.49. The molecule has 0 amide bonds. The number of unbranched alkanes of at least 4 members (excludes halogenated alkanes) is 12. The molecule has 0 bridgehead atoms. The second-order valence-corrected chi connectivity index (χ2v) is 14.6. The van der Waals surface area contributed by atoms with Gasteiger partial charge in [-0.3, -0.25) is 0 Å². The van der Waals surface area contributed by atoms with Crippen molar-refractivity contribution in [1.82, 2.24) is 4.90 Å². The fourth-order valence-corrected chi connectivity index (χ4v) is 7.06. The molecule has 0 saturated carbocycles. The normalized spacial score (nSPS) is 20.3. The molecule has 3 nitrogen and oxygen atoms in total. The molecule has 0 spiro atoms. The zero-order valence-electron chi connectivity index (χ0n) is 32.5. The molecular weight excluding hydrogens is 574 g/mol. The van der Waals surface area contributed by atoms with Crippen LogP contribution in [0.25, 0.3) is 0 Å². The average molecular weight is 656 g/mol. The number of nitrogens with zero attached hydrogens (tertiary/aromatic N) is 1. The Balaban J connectivity index is 2.78. The van der Waals surface area contributed by atoms with Crippen LogP contribution in [0, 0.1) is 11.8 Å². The van der Waals surface area contributed by atoms with E-state index >= 15 is 0 Å². The van der Waals surface area contributed by atoms with E-state index in [2.05, 4.69) is 95.3 Å². The maximum Gasteiger partial charge on any atom is 0.175 e. The quantitative estimate of drug-likeness (QED) is 0.0532. The first kappa shape index (κ1) is 43.9. The smallest absolute Gasteiger partial charge is 0.175 e. The lowest BCUT2D eigenvalue weighted by molar-refractivity contribution is -0.242. The fraction of sp³-hybridized carbons (Fsp3) is 0.818. The topological polar surface area (TPSA) is 21.7 Å². The SMILES string of the molecule is CCCCC/C=C\CCCC/C=C\CC(CCC)C1(C(C/C=C\CCCC/C=C\CCCCC)CCC)OCC(CCCN(C)C)O1. The summed E-state index contributed by atoms with van der Waals surface area (Å²) in [5, 5.41) is 0.